The van der Waals surface area contributed by atoms with E-state index < -0.39 is 18.9 Å². The van der Waals surface area contributed by atoms with E-state index in [-0.39, 0.29) is 0 Å². The second kappa shape index (κ2) is 8.36. The highest BCUT2D eigenvalue weighted by Crippen LogP contribution is 2.12. The lowest BCUT2D eigenvalue weighted by molar-refractivity contribution is -0.149. The van der Waals surface area contributed by atoms with Gasteiger partial charge in [-0.25, -0.2) is 9.64 Å². The van der Waals surface area contributed by atoms with Gasteiger partial charge in [-0.1, -0.05) is 0 Å². The van der Waals surface area contributed by atoms with Gasteiger partial charge in [0, 0.05) is 32.9 Å². The first kappa shape index (κ1) is 17.1. The van der Waals surface area contributed by atoms with Crippen molar-refractivity contribution in [2.75, 3.05) is 20.9 Å². The van der Waals surface area contributed by atoms with Crippen LogP contribution in [0.5, 0.6) is 0 Å². The number of nitrogens with one attached hydrogen (secondary N) is 1. The molecule has 118 valence electrons. The molecule has 1 N–H and O–H groups in total. The van der Waals surface area contributed by atoms with E-state index in [9.17, 15) is 9.59 Å². The van der Waals surface area contributed by atoms with Crippen LogP contribution in [-0.4, -0.2) is 47.7 Å². The van der Waals surface area contributed by atoms with Crippen molar-refractivity contribution in [1.29, 1.82) is 0 Å². The summed E-state index contributed by atoms with van der Waals surface area (Å²) < 4.78 is 9.33. The van der Waals surface area contributed by atoms with Crippen molar-refractivity contribution < 1.29 is 19.1 Å². The summed E-state index contributed by atoms with van der Waals surface area (Å²) in [7, 11) is 3.21. The van der Waals surface area contributed by atoms with Crippen LogP contribution in [0.4, 0.5) is 4.79 Å². The largest absolute Gasteiger partial charge is 0.428 e. The molecule has 0 aliphatic heterocycles. The second-order valence-electron chi connectivity index (χ2n) is 4.39. The number of aromatic nitrogens is 1. The molecule has 0 saturated heterocycles. The van der Waals surface area contributed by atoms with Crippen LogP contribution >= 0.6 is 0 Å². The summed E-state index contributed by atoms with van der Waals surface area (Å²) in [5.41, 5.74) is 0.931. The van der Waals surface area contributed by atoms with Crippen molar-refractivity contribution in [1.82, 2.24) is 14.8 Å². The molecule has 8 heteroatoms. The van der Waals surface area contributed by atoms with Crippen LogP contribution in [0.3, 0.4) is 0 Å². The molecule has 0 aromatic carbocycles. The maximum absolute atomic E-state index is 11.9. The molecule has 0 spiro atoms. The number of rotatable bonds is 6. The van der Waals surface area contributed by atoms with Crippen LogP contribution < -0.4 is 0 Å². The van der Waals surface area contributed by atoms with E-state index in [0.717, 1.165) is 5.69 Å². The first-order chi connectivity index (χ1) is 10.5. The van der Waals surface area contributed by atoms with Gasteiger partial charge in [-0.15, -0.1) is 0 Å². The van der Waals surface area contributed by atoms with E-state index in [1.165, 1.54) is 25.1 Å². The molecule has 8 nitrogen and oxygen atoms in total. The molecule has 22 heavy (non-hydrogen) atoms. The average Bonchev–Trinajstić information content (AvgIpc) is 2.96. The highest BCUT2D eigenvalue weighted by atomic mass is 16.7. The molecular formula is C14H18N4O4. The van der Waals surface area contributed by atoms with Crippen molar-refractivity contribution in [3.8, 4) is 0 Å². The van der Waals surface area contributed by atoms with Gasteiger partial charge in [0.05, 0.1) is 13.1 Å². The predicted molar refractivity (Wildman–Crippen MR) is 77.8 cm³/mol. The normalized spacial score (nSPS) is 10.5. The fraction of sp³-hybridized carbons (Fsp3) is 0.357. The van der Waals surface area contributed by atoms with Crippen LogP contribution in [0.25, 0.3) is 4.85 Å². The Hall–Kier alpha value is -2.95. The third-order valence-corrected chi connectivity index (χ3v) is 2.70. The summed E-state index contributed by atoms with van der Waals surface area (Å²) >= 11 is 0. The summed E-state index contributed by atoms with van der Waals surface area (Å²) in [6.07, 6.45) is 2.28. The van der Waals surface area contributed by atoms with Gasteiger partial charge < -0.3 is 19.4 Å². The molecular weight excluding hydrogens is 288 g/mol. The highest BCUT2D eigenvalue weighted by Gasteiger charge is 2.18. The molecule has 0 saturated carbocycles. The Kier molecular flexibility index (Phi) is 6.50. The van der Waals surface area contributed by atoms with E-state index in [1.807, 2.05) is 12.1 Å². The number of aromatic amines is 1. The Labute approximate surface area is 128 Å². The minimum absolute atomic E-state index is 0.359. The molecule has 0 fully saturated rings. The molecule has 1 aromatic rings. The van der Waals surface area contributed by atoms with Crippen molar-refractivity contribution in [2.45, 2.75) is 13.5 Å². The lowest BCUT2D eigenvalue weighted by atomic mass is 10.4. The quantitative estimate of drug-likeness (QED) is 0.492. The second-order valence-corrected chi connectivity index (χ2v) is 4.39. The zero-order valence-corrected chi connectivity index (χ0v) is 12.7. The number of nitrogens with zero attached hydrogens (tertiary/aromatic N) is 3. The Bertz CT molecular complexity index is 574. The minimum Gasteiger partial charge on any atom is -0.428 e. The average molecular weight is 306 g/mol. The predicted octanol–water partition coefficient (Wildman–Crippen LogP) is 1.75. The number of hydrogen-bond acceptors (Lipinski definition) is 5. The van der Waals surface area contributed by atoms with Crippen LogP contribution in [0.2, 0.25) is 0 Å². The topological polar surface area (TPSA) is 79.2 Å². The van der Waals surface area contributed by atoms with Gasteiger partial charge in [0.1, 0.15) is 5.82 Å². The molecule has 1 rings (SSSR count). The van der Waals surface area contributed by atoms with Gasteiger partial charge in [-0.3, -0.25) is 9.69 Å². The first-order valence-corrected chi connectivity index (χ1v) is 6.39. The van der Waals surface area contributed by atoms with Gasteiger partial charge in [0.2, 0.25) is 6.79 Å². The standard InChI is InChI=1S/C14H18N4O4/c1-11(19)21-10-22-14(20)18(4)13(8-15-2)17(3)9-12-6-5-7-16-12/h5-8,16H,9-10H2,1,3-4H3/b13-8+. The Morgan fingerprint density at radius 2 is 2.14 bits per heavy atom. The molecule has 1 aromatic heterocycles. The monoisotopic (exact) mass is 306 g/mol. The van der Waals surface area contributed by atoms with Gasteiger partial charge in [0.15, 0.2) is 6.20 Å². The number of ether oxygens (including phenoxy) is 2. The summed E-state index contributed by atoms with van der Waals surface area (Å²) in [6.45, 7) is 8.20. The molecule has 0 radical (unpaired) electrons. The molecule has 1 heterocycles. The van der Waals surface area contributed by atoms with E-state index in [4.69, 9.17) is 11.3 Å². The lowest BCUT2D eigenvalue weighted by Gasteiger charge is -2.28. The van der Waals surface area contributed by atoms with Crippen molar-refractivity contribution in [3.63, 3.8) is 0 Å². The zero-order valence-electron chi connectivity index (χ0n) is 12.7. The minimum atomic E-state index is -0.727. The molecule has 0 atom stereocenters. The Balaban J connectivity index is 2.69. The number of esters is 1. The molecule has 0 aliphatic rings. The number of amides is 1. The van der Waals surface area contributed by atoms with E-state index in [0.29, 0.717) is 12.4 Å². The van der Waals surface area contributed by atoms with E-state index in [2.05, 4.69) is 14.6 Å². The van der Waals surface area contributed by atoms with E-state index in [1.54, 1.807) is 18.1 Å². The summed E-state index contributed by atoms with van der Waals surface area (Å²) in [4.78, 5) is 31.6. The number of carbonyl (C=O) groups excluding carboxylic acids is 2. The zero-order chi connectivity index (χ0) is 16.5. The number of carbonyl (C=O) groups is 2. The maximum atomic E-state index is 11.9. The maximum Gasteiger partial charge on any atom is 0.417 e. The third kappa shape index (κ3) is 5.20. The van der Waals surface area contributed by atoms with Crippen LogP contribution in [0, 0.1) is 6.57 Å². The van der Waals surface area contributed by atoms with Crippen molar-refractivity contribution >= 4 is 12.1 Å². The molecule has 1 amide bonds. The van der Waals surface area contributed by atoms with Gasteiger partial charge in [0.25, 0.3) is 0 Å². The SMILES string of the molecule is [C-]#[N+]/C=C(\N(C)Cc1ccc[nH]1)N(C)C(=O)OCOC(C)=O. The summed E-state index contributed by atoms with van der Waals surface area (Å²) in [6, 6.07) is 3.75. The fourth-order valence-corrected chi connectivity index (χ4v) is 1.65. The first-order valence-electron chi connectivity index (χ1n) is 6.39. The van der Waals surface area contributed by atoms with Gasteiger partial charge in [-0.05, 0) is 12.1 Å². The van der Waals surface area contributed by atoms with Crippen LogP contribution in [0.15, 0.2) is 30.4 Å². The van der Waals surface area contributed by atoms with E-state index >= 15 is 0 Å². The Morgan fingerprint density at radius 1 is 1.41 bits per heavy atom. The highest BCUT2D eigenvalue weighted by molar-refractivity contribution is 5.70. The summed E-state index contributed by atoms with van der Waals surface area (Å²) in [5, 5.41) is 0. The number of H-pyrrole nitrogens is 1. The smallest absolute Gasteiger partial charge is 0.417 e. The van der Waals surface area contributed by atoms with Gasteiger partial charge >= 0.3 is 12.1 Å². The molecule has 0 unspecified atom stereocenters. The summed E-state index contributed by atoms with van der Waals surface area (Å²) in [5.74, 6) is -0.186. The molecule has 0 bridgehead atoms. The molecule has 0 aliphatic carbocycles. The lowest BCUT2D eigenvalue weighted by Crippen LogP contribution is -2.35. The third-order valence-electron chi connectivity index (χ3n) is 2.70. The van der Waals surface area contributed by atoms with Gasteiger partial charge in [-0.2, -0.15) is 0 Å². The fourth-order valence-electron chi connectivity index (χ4n) is 1.65. The van der Waals surface area contributed by atoms with Crippen molar-refractivity contribution in [3.05, 3.63) is 47.5 Å². The van der Waals surface area contributed by atoms with Crippen LogP contribution in [-0.2, 0) is 20.8 Å². The van der Waals surface area contributed by atoms with Crippen molar-refractivity contribution in [2.24, 2.45) is 0 Å². The van der Waals surface area contributed by atoms with Crippen LogP contribution in [0.1, 0.15) is 12.6 Å². The Morgan fingerprint density at radius 3 is 2.68 bits per heavy atom. The number of hydrogen-bond donors (Lipinski definition) is 1.